The minimum Gasteiger partial charge on any atom is -0.490 e. The van der Waals surface area contributed by atoms with Crippen LogP contribution in [0.3, 0.4) is 0 Å². The van der Waals surface area contributed by atoms with Gasteiger partial charge in [0.25, 0.3) is 5.91 Å². The summed E-state index contributed by atoms with van der Waals surface area (Å²) in [5, 5.41) is 8.02. The summed E-state index contributed by atoms with van der Waals surface area (Å²) in [6.07, 6.45) is 0.593. The van der Waals surface area contributed by atoms with Gasteiger partial charge in [-0.1, -0.05) is 12.1 Å². The molecule has 0 saturated carbocycles. The third-order valence-electron chi connectivity index (χ3n) is 4.47. The van der Waals surface area contributed by atoms with Crippen molar-refractivity contribution in [3.05, 3.63) is 48.0 Å². The fourth-order valence-corrected chi connectivity index (χ4v) is 3.09. The molecular weight excluding hydrogens is 362 g/mol. The van der Waals surface area contributed by atoms with Crippen LogP contribution in [0.25, 0.3) is 0 Å². The van der Waals surface area contributed by atoms with E-state index in [4.69, 9.17) is 9.47 Å². The van der Waals surface area contributed by atoms with Crippen molar-refractivity contribution >= 4 is 29.1 Å². The molecule has 0 spiro atoms. The summed E-state index contributed by atoms with van der Waals surface area (Å²) in [6, 6.07) is 10.8. The van der Waals surface area contributed by atoms with Gasteiger partial charge in [-0.25, -0.2) is 0 Å². The molecule has 8 nitrogen and oxygen atoms in total. The van der Waals surface area contributed by atoms with Gasteiger partial charge in [0.15, 0.2) is 11.5 Å². The number of carbonyl (C=O) groups excluding carboxylic acids is 3. The molecule has 0 saturated heterocycles. The summed E-state index contributed by atoms with van der Waals surface area (Å²) in [4.78, 5) is 37.2. The lowest BCUT2D eigenvalue weighted by Gasteiger charge is -2.15. The number of rotatable bonds is 3. The summed E-state index contributed by atoms with van der Waals surface area (Å²) in [6.45, 7) is 1.12. The number of para-hydroxylation sites is 1. The van der Waals surface area contributed by atoms with E-state index in [1.54, 1.807) is 42.5 Å². The molecule has 2 aromatic rings. The lowest BCUT2D eigenvalue weighted by Crippen LogP contribution is -2.43. The van der Waals surface area contributed by atoms with Crippen LogP contribution in [0.2, 0.25) is 0 Å². The van der Waals surface area contributed by atoms with E-state index >= 15 is 0 Å². The standard InChI is InChI=1S/C20H19N3O5/c24-18(21-12-6-7-16-17(10-12)28-9-3-8-27-16)11-15-20(26)22-14-5-2-1-4-13(14)19(25)23-15/h1-2,4-7,10,15H,3,8-9,11H2,(H,21,24)(H,22,26)(H,23,25)/t15-/m0/s1. The zero-order valence-electron chi connectivity index (χ0n) is 15.0. The number of ether oxygens (including phenoxy) is 2. The van der Waals surface area contributed by atoms with Crippen LogP contribution in [-0.2, 0) is 9.59 Å². The molecule has 3 N–H and O–H groups in total. The van der Waals surface area contributed by atoms with E-state index in [9.17, 15) is 14.4 Å². The monoisotopic (exact) mass is 381 g/mol. The van der Waals surface area contributed by atoms with Crippen LogP contribution >= 0.6 is 0 Å². The van der Waals surface area contributed by atoms with Crippen LogP contribution in [-0.4, -0.2) is 37.0 Å². The van der Waals surface area contributed by atoms with Gasteiger partial charge >= 0.3 is 0 Å². The first-order valence-electron chi connectivity index (χ1n) is 9.00. The topological polar surface area (TPSA) is 106 Å². The molecule has 3 amide bonds. The van der Waals surface area contributed by atoms with Crippen molar-refractivity contribution in [3.63, 3.8) is 0 Å². The Kier molecular flexibility index (Phi) is 4.84. The molecule has 0 bridgehead atoms. The van der Waals surface area contributed by atoms with Gasteiger partial charge in [-0.3, -0.25) is 14.4 Å². The zero-order chi connectivity index (χ0) is 19.5. The third kappa shape index (κ3) is 3.75. The molecule has 144 valence electrons. The predicted octanol–water partition coefficient (Wildman–Crippen LogP) is 1.93. The number of amides is 3. The summed E-state index contributed by atoms with van der Waals surface area (Å²) < 4.78 is 11.2. The van der Waals surface area contributed by atoms with Crippen LogP contribution in [0.15, 0.2) is 42.5 Å². The van der Waals surface area contributed by atoms with Crippen molar-refractivity contribution < 1.29 is 23.9 Å². The summed E-state index contributed by atoms with van der Waals surface area (Å²) in [7, 11) is 0. The second-order valence-electron chi connectivity index (χ2n) is 6.53. The van der Waals surface area contributed by atoms with Gasteiger partial charge in [0, 0.05) is 18.2 Å². The van der Waals surface area contributed by atoms with Crippen LogP contribution in [0.4, 0.5) is 11.4 Å². The van der Waals surface area contributed by atoms with Gasteiger partial charge in [0.2, 0.25) is 11.8 Å². The number of benzene rings is 2. The molecule has 2 aliphatic rings. The van der Waals surface area contributed by atoms with Crippen molar-refractivity contribution in [3.8, 4) is 11.5 Å². The van der Waals surface area contributed by atoms with Crippen molar-refractivity contribution in [2.24, 2.45) is 0 Å². The number of hydrogen-bond acceptors (Lipinski definition) is 5. The second kappa shape index (κ2) is 7.59. The highest BCUT2D eigenvalue weighted by atomic mass is 16.5. The van der Waals surface area contributed by atoms with Crippen LogP contribution in [0.5, 0.6) is 11.5 Å². The average Bonchev–Trinajstić information content (AvgIpc) is 2.98. The highest BCUT2D eigenvalue weighted by molar-refractivity contribution is 6.11. The predicted molar refractivity (Wildman–Crippen MR) is 102 cm³/mol. The third-order valence-corrected chi connectivity index (χ3v) is 4.47. The maximum absolute atomic E-state index is 12.4. The lowest BCUT2D eigenvalue weighted by atomic mass is 10.1. The Morgan fingerprint density at radius 1 is 1.07 bits per heavy atom. The number of fused-ring (bicyclic) bond motifs is 2. The van der Waals surface area contributed by atoms with Gasteiger partial charge < -0.3 is 25.4 Å². The van der Waals surface area contributed by atoms with E-state index in [1.165, 1.54) is 0 Å². The van der Waals surface area contributed by atoms with Crippen LogP contribution in [0.1, 0.15) is 23.2 Å². The highest BCUT2D eigenvalue weighted by Crippen LogP contribution is 2.32. The minimum atomic E-state index is -0.972. The Balaban J connectivity index is 1.43. The molecule has 2 aromatic carbocycles. The average molecular weight is 381 g/mol. The molecule has 28 heavy (non-hydrogen) atoms. The Morgan fingerprint density at radius 3 is 2.71 bits per heavy atom. The van der Waals surface area contributed by atoms with Gasteiger partial charge in [-0.05, 0) is 24.3 Å². The molecular formula is C20H19N3O5. The Hall–Kier alpha value is -3.55. The van der Waals surface area contributed by atoms with E-state index in [-0.39, 0.29) is 6.42 Å². The first-order chi connectivity index (χ1) is 13.6. The first kappa shape index (κ1) is 17.8. The Morgan fingerprint density at radius 2 is 1.86 bits per heavy atom. The van der Waals surface area contributed by atoms with Gasteiger partial charge in [0.1, 0.15) is 6.04 Å². The quantitative estimate of drug-likeness (QED) is 0.753. The Labute approximate surface area is 161 Å². The fraction of sp³-hybridized carbons (Fsp3) is 0.250. The van der Waals surface area contributed by atoms with Crippen molar-refractivity contribution in [1.29, 1.82) is 0 Å². The molecule has 0 radical (unpaired) electrons. The van der Waals surface area contributed by atoms with Gasteiger partial charge in [-0.15, -0.1) is 0 Å². The summed E-state index contributed by atoms with van der Waals surface area (Å²) >= 11 is 0. The van der Waals surface area contributed by atoms with E-state index < -0.39 is 23.8 Å². The van der Waals surface area contributed by atoms with Gasteiger partial charge in [-0.2, -0.15) is 0 Å². The number of hydrogen-bond donors (Lipinski definition) is 3. The maximum atomic E-state index is 12.4. The van der Waals surface area contributed by atoms with Crippen molar-refractivity contribution in [2.45, 2.75) is 18.9 Å². The molecule has 0 fully saturated rings. The van der Waals surface area contributed by atoms with Crippen LogP contribution < -0.4 is 25.4 Å². The second-order valence-corrected chi connectivity index (χ2v) is 6.53. The number of carbonyl (C=O) groups is 3. The molecule has 2 aliphatic heterocycles. The molecule has 0 aromatic heterocycles. The number of nitrogens with one attached hydrogen (secondary N) is 3. The van der Waals surface area contributed by atoms with E-state index in [2.05, 4.69) is 16.0 Å². The molecule has 2 heterocycles. The molecule has 4 rings (SSSR count). The lowest BCUT2D eigenvalue weighted by molar-refractivity contribution is -0.122. The van der Waals surface area contributed by atoms with E-state index in [0.29, 0.717) is 41.7 Å². The Bertz CT molecular complexity index is 943. The summed E-state index contributed by atoms with van der Waals surface area (Å²) in [5.74, 6) is -0.0507. The maximum Gasteiger partial charge on any atom is 0.254 e. The highest BCUT2D eigenvalue weighted by Gasteiger charge is 2.29. The summed E-state index contributed by atoms with van der Waals surface area (Å²) in [5.41, 5.74) is 1.32. The minimum absolute atomic E-state index is 0.194. The van der Waals surface area contributed by atoms with Crippen LogP contribution in [0, 0.1) is 0 Å². The SMILES string of the molecule is O=C(C[C@@H]1NC(=O)c2ccccc2NC1=O)Nc1ccc2c(c1)OCCCO2. The molecule has 8 heteroatoms. The normalized spacial score (nSPS) is 18.1. The van der Waals surface area contributed by atoms with Crippen molar-refractivity contribution in [2.75, 3.05) is 23.8 Å². The smallest absolute Gasteiger partial charge is 0.254 e. The van der Waals surface area contributed by atoms with Gasteiger partial charge in [0.05, 0.1) is 30.9 Å². The molecule has 0 aliphatic carbocycles. The number of anilines is 2. The molecule has 1 atom stereocenters. The fourth-order valence-electron chi connectivity index (χ4n) is 3.09. The van der Waals surface area contributed by atoms with E-state index in [0.717, 1.165) is 6.42 Å². The largest absolute Gasteiger partial charge is 0.490 e. The molecule has 0 unspecified atom stereocenters. The van der Waals surface area contributed by atoms with E-state index in [1.807, 2.05) is 0 Å². The first-order valence-corrected chi connectivity index (χ1v) is 9.00. The van der Waals surface area contributed by atoms with Crippen molar-refractivity contribution in [1.82, 2.24) is 5.32 Å². The zero-order valence-corrected chi connectivity index (χ0v) is 15.0.